The van der Waals surface area contributed by atoms with Gasteiger partial charge in [0, 0.05) is 22.7 Å². The minimum atomic E-state index is -0.337. The van der Waals surface area contributed by atoms with Crippen LogP contribution >= 0.6 is 11.6 Å². The van der Waals surface area contributed by atoms with E-state index in [2.05, 4.69) is 0 Å². The van der Waals surface area contributed by atoms with E-state index >= 15 is 0 Å². The van der Waals surface area contributed by atoms with Crippen LogP contribution in [-0.4, -0.2) is 0 Å². The number of benzene rings is 2. The van der Waals surface area contributed by atoms with Gasteiger partial charge in [0.2, 0.25) is 0 Å². The van der Waals surface area contributed by atoms with E-state index in [0.29, 0.717) is 17.4 Å². The Morgan fingerprint density at radius 3 is 2.53 bits per heavy atom. The van der Waals surface area contributed by atoms with Gasteiger partial charge in [-0.15, -0.1) is 0 Å². The third-order valence-corrected chi connectivity index (χ3v) is 3.03. The van der Waals surface area contributed by atoms with Crippen molar-refractivity contribution < 1.29 is 9.13 Å². The molecule has 0 amide bonds. The van der Waals surface area contributed by atoms with Crippen LogP contribution in [0.2, 0.25) is 5.02 Å². The Labute approximate surface area is 117 Å². The normalized spacial score (nSPS) is 12.2. The zero-order chi connectivity index (χ0) is 13.8. The van der Waals surface area contributed by atoms with Crippen LogP contribution in [0.25, 0.3) is 0 Å². The molecule has 0 spiro atoms. The van der Waals surface area contributed by atoms with Crippen LogP contribution in [0.5, 0.6) is 5.75 Å². The summed E-state index contributed by atoms with van der Waals surface area (Å²) in [5, 5.41) is 0.672. The second-order valence-corrected chi connectivity index (χ2v) is 4.82. The molecule has 0 aliphatic carbocycles. The van der Waals surface area contributed by atoms with Crippen molar-refractivity contribution in [1.29, 1.82) is 0 Å². The molecular formula is C15H15ClFNO. The van der Waals surface area contributed by atoms with Crippen molar-refractivity contribution in [3.8, 4) is 5.75 Å². The average molecular weight is 280 g/mol. The first-order valence-corrected chi connectivity index (χ1v) is 6.36. The lowest BCUT2D eigenvalue weighted by atomic mass is 10.1. The van der Waals surface area contributed by atoms with Crippen molar-refractivity contribution in [3.63, 3.8) is 0 Å². The molecule has 2 nitrogen and oxygen atoms in total. The maximum atomic E-state index is 13.3. The molecule has 2 N–H and O–H groups in total. The minimum absolute atomic E-state index is 0.208. The molecule has 0 aromatic heterocycles. The maximum Gasteiger partial charge on any atom is 0.127 e. The van der Waals surface area contributed by atoms with Crippen LogP contribution in [0, 0.1) is 5.82 Å². The van der Waals surface area contributed by atoms with Crippen LogP contribution in [0.15, 0.2) is 42.5 Å². The summed E-state index contributed by atoms with van der Waals surface area (Å²) >= 11 is 5.81. The standard InChI is InChI=1S/C15H15ClFNO/c1-10(18)14-7-6-13(17)8-15(14)19-9-11-2-4-12(16)5-3-11/h2-8,10H,9,18H2,1H3/t10-/m1/s1. The lowest BCUT2D eigenvalue weighted by Gasteiger charge is -2.14. The number of rotatable bonds is 4. The van der Waals surface area contributed by atoms with Gasteiger partial charge in [-0.2, -0.15) is 0 Å². The highest BCUT2D eigenvalue weighted by molar-refractivity contribution is 6.30. The summed E-state index contributed by atoms with van der Waals surface area (Å²) in [6, 6.07) is 11.5. The fraction of sp³-hybridized carbons (Fsp3) is 0.200. The van der Waals surface area contributed by atoms with Gasteiger partial charge in [0.05, 0.1) is 0 Å². The summed E-state index contributed by atoms with van der Waals surface area (Å²) in [4.78, 5) is 0. The Kier molecular flexibility index (Phi) is 4.40. The highest BCUT2D eigenvalue weighted by atomic mass is 35.5. The second kappa shape index (κ2) is 6.04. The molecule has 0 bridgehead atoms. The molecule has 2 rings (SSSR count). The van der Waals surface area contributed by atoms with Crippen LogP contribution in [0.3, 0.4) is 0 Å². The van der Waals surface area contributed by atoms with Gasteiger partial charge in [-0.25, -0.2) is 4.39 Å². The Hall–Kier alpha value is -1.58. The third kappa shape index (κ3) is 3.69. The van der Waals surface area contributed by atoms with Crippen LogP contribution in [-0.2, 0) is 6.61 Å². The first kappa shape index (κ1) is 13.8. The summed E-state index contributed by atoms with van der Waals surface area (Å²) in [5.41, 5.74) is 7.58. The first-order valence-electron chi connectivity index (χ1n) is 5.98. The van der Waals surface area contributed by atoms with Crippen molar-refractivity contribution in [1.82, 2.24) is 0 Å². The first-order chi connectivity index (χ1) is 9.06. The molecule has 0 aliphatic heterocycles. The molecule has 2 aromatic carbocycles. The van der Waals surface area contributed by atoms with Crippen molar-refractivity contribution in [2.75, 3.05) is 0 Å². The van der Waals surface area contributed by atoms with Crippen molar-refractivity contribution >= 4 is 11.6 Å². The third-order valence-electron chi connectivity index (χ3n) is 2.77. The molecule has 4 heteroatoms. The molecule has 1 atom stereocenters. The Morgan fingerprint density at radius 1 is 1.21 bits per heavy atom. The van der Waals surface area contributed by atoms with Crippen LogP contribution in [0.1, 0.15) is 24.1 Å². The maximum absolute atomic E-state index is 13.3. The van der Waals surface area contributed by atoms with E-state index in [1.165, 1.54) is 12.1 Å². The van der Waals surface area contributed by atoms with Crippen molar-refractivity contribution in [2.45, 2.75) is 19.6 Å². The van der Waals surface area contributed by atoms with E-state index < -0.39 is 0 Å². The van der Waals surface area contributed by atoms with Gasteiger partial charge < -0.3 is 10.5 Å². The summed E-state index contributed by atoms with van der Waals surface area (Å²) in [6.07, 6.45) is 0. The van der Waals surface area contributed by atoms with E-state index in [4.69, 9.17) is 22.1 Å². The van der Waals surface area contributed by atoms with E-state index in [-0.39, 0.29) is 11.9 Å². The van der Waals surface area contributed by atoms with Gasteiger partial charge in [0.15, 0.2) is 0 Å². The number of hydrogen-bond acceptors (Lipinski definition) is 2. The fourth-order valence-electron chi connectivity index (χ4n) is 1.75. The largest absolute Gasteiger partial charge is 0.488 e. The van der Waals surface area contributed by atoms with E-state index in [0.717, 1.165) is 11.1 Å². The molecule has 0 radical (unpaired) electrons. The molecule has 0 heterocycles. The van der Waals surface area contributed by atoms with Gasteiger partial charge in [-0.1, -0.05) is 29.8 Å². The molecule has 0 saturated carbocycles. The van der Waals surface area contributed by atoms with E-state index in [1.807, 2.05) is 19.1 Å². The second-order valence-electron chi connectivity index (χ2n) is 4.39. The van der Waals surface area contributed by atoms with E-state index in [1.54, 1.807) is 18.2 Å². The highest BCUT2D eigenvalue weighted by Gasteiger charge is 2.09. The topological polar surface area (TPSA) is 35.2 Å². The molecule has 100 valence electrons. The average Bonchev–Trinajstić information content (AvgIpc) is 2.38. The SMILES string of the molecule is C[C@@H](N)c1ccc(F)cc1OCc1ccc(Cl)cc1. The van der Waals surface area contributed by atoms with Gasteiger partial charge in [-0.3, -0.25) is 0 Å². The smallest absolute Gasteiger partial charge is 0.127 e. The summed E-state index contributed by atoms with van der Waals surface area (Å²) in [7, 11) is 0. The monoisotopic (exact) mass is 279 g/mol. The highest BCUT2D eigenvalue weighted by Crippen LogP contribution is 2.25. The van der Waals surface area contributed by atoms with Gasteiger partial charge in [0.1, 0.15) is 18.2 Å². The number of nitrogens with two attached hydrogens (primary N) is 1. The summed E-state index contributed by atoms with van der Waals surface area (Å²) in [5.74, 6) is 0.139. The summed E-state index contributed by atoms with van der Waals surface area (Å²) in [6.45, 7) is 2.18. The van der Waals surface area contributed by atoms with Crippen molar-refractivity contribution in [3.05, 3.63) is 64.4 Å². The van der Waals surface area contributed by atoms with Gasteiger partial charge in [0.25, 0.3) is 0 Å². The molecule has 0 unspecified atom stereocenters. The fourth-order valence-corrected chi connectivity index (χ4v) is 1.88. The molecule has 0 fully saturated rings. The quantitative estimate of drug-likeness (QED) is 0.915. The number of ether oxygens (including phenoxy) is 1. The lowest BCUT2D eigenvalue weighted by Crippen LogP contribution is -2.08. The van der Waals surface area contributed by atoms with Crippen molar-refractivity contribution in [2.24, 2.45) is 5.73 Å². The molecule has 2 aromatic rings. The zero-order valence-corrected chi connectivity index (χ0v) is 11.3. The molecule has 0 saturated heterocycles. The number of hydrogen-bond donors (Lipinski definition) is 1. The Balaban J connectivity index is 2.14. The minimum Gasteiger partial charge on any atom is -0.488 e. The van der Waals surface area contributed by atoms with E-state index in [9.17, 15) is 4.39 Å². The summed E-state index contributed by atoms with van der Waals surface area (Å²) < 4.78 is 18.9. The van der Waals surface area contributed by atoms with Gasteiger partial charge in [-0.05, 0) is 30.7 Å². The number of halogens is 2. The molecular weight excluding hydrogens is 265 g/mol. The molecule has 19 heavy (non-hydrogen) atoms. The Bertz CT molecular complexity index is 555. The Morgan fingerprint density at radius 2 is 1.89 bits per heavy atom. The molecule has 0 aliphatic rings. The zero-order valence-electron chi connectivity index (χ0n) is 10.6. The lowest BCUT2D eigenvalue weighted by molar-refractivity contribution is 0.300. The van der Waals surface area contributed by atoms with Crippen LogP contribution < -0.4 is 10.5 Å². The predicted octanol–water partition coefficient (Wildman–Crippen LogP) is 4.08. The predicted molar refractivity (Wildman–Crippen MR) is 74.8 cm³/mol. The van der Waals surface area contributed by atoms with Gasteiger partial charge >= 0.3 is 0 Å². The van der Waals surface area contributed by atoms with Crippen LogP contribution in [0.4, 0.5) is 4.39 Å².